The third-order valence-corrected chi connectivity index (χ3v) is 6.18. The van der Waals surface area contributed by atoms with Crippen molar-refractivity contribution in [3.05, 3.63) is 94.0 Å². The molecule has 3 aromatic heterocycles. The van der Waals surface area contributed by atoms with Gasteiger partial charge >= 0.3 is 0 Å². The first-order chi connectivity index (χ1) is 17.8. The van der Waals surface area contributed by atoms with E-state index in [0.29, 0.717) is 33.6 Å². The standard InChI is InChI=1S/C25H18Cl2F2N6O2/c1-37-18-6-3-14(4-7-18)21-9-22(23(28)29)35-24(33-21)19(11-31-35)25(36)32-17-10-30-34(13-17)12-15-2-5-16(26)8-20(15)27/h2-11,13,23H,12H2,1H3,(H,32,36). The van der Waals surface area contributed by atoms with Crippen molar-refractivity contribution in [2.75, 3.05) is 12.4 Å². The van der Waals surface area contributed by atoms with Crippen LogP contribution < -0.4 is 10.1 Å². The minimum absolute atomic E-state index is 0.00135. The Morgan fingerprint density at radius 1 is 1.08 bits per heavy atom. The molecule has 8 nitrogen and oxygen atoms in total. The summed E-state index contributed by atoms with van der Waals surface area (Å²) >= 11 is 12.2. The predicted molar refractivity (Wildman–Crippen MR) is 136 cm³/mol. The Hall–Kier alpha value is -4.02. The number of rotatable bonds is 7. The molecule has 0 fully saturated rings. The van der Waals surface area contributed by atoms with Crippen molar-refractivity contribution in [1.29, 1.82) is 0 Å². The van der Waals surface area contributed by atoms with Crippen LogP contribution in [0, 0.1) is 0 Å². The molecule has 188 valence electrons. The van der Waals surface area contributed by atoms with Crippen LogP contribution >= 0.6 is 23.2 Å². The largest absolute Gasteiger partial charge is 0.497 e. The molecular formula is C25H18Cl2F2N6O2. The normalized spacial score (nSPS) is 11.3. The third-order valence-electron chi connectivity index (χ3n) is 5.59. The second-order valence-electron chi connectivity index (χ2n) is 8.01. The number of amides is 1. The number of aromatic nitrogens is 5. The van der Waals surface area contributed by atoms with Crippen molar-refractivity contribution in [1.82, 2.24) is 24.4 Å². The molecule has 12 heteroatoms. The van der Waals surface area contributed by atoms with Crippen LogP contribution in [0.4, 0.5) is 14.5 Å². The number of fused-ring (bicyclic) bond motifs is 1. The first-order valence-corrected chi connectivity index (χ1v) is 11.7. The Balaban J connectivity index is 1.43. The van der Waals surface area contributed by atoms with Crippen molar-refractivity contribution < 1.29 is 18.3 Å². The van der Waals surface area contributed by atoms with Crippen LogP contribution in [0.1, 0.15) is 28.0 Å². The number of nitrogens with one attached hydrogen (secondary N) is 1. The molecular weight excluding hydrogens is 525 g/mol. The number of hydrogen-bond acceptors (Lipinski definition) is 5. The smallest absolute Gasteiger partial charge is 0.280 e. The molecule has 0 aliphatic carbocycles. The zero-order valence-electron chi connectivity index (χ0n) is 19.2. The van der Waals surface area contributed by atoms with E-state index in [1.165, 1.54) is 25.6 Å². The zero-order chi connectivity index (χ0) is 26.1. The Morgan fingerprint density at radius 3 is 2.57 bits per heavy atom. The quantitative estimate of drug-likeness (QED) is 0.266. The molecule has 1 N–H and O–H groups in total. The van der Waals surface area contributed by atoms with Gasteiger partial charge in [-0.1, -0.05) is 29.3 Å². The van der Waals surface area contributed by atoms with Crippen LogP contribution in [-0.2, 0) is 6.54 Å². The lowest BCUT2D eigenvalue weighted by molar-refractivity contribution is 0.102. The number of carbonyl (C=O) groups excluding carboxylic acids is 1. The second-order valence-corrected chi connectivity index (χ2v) is 8.85. The molecule has 0 spiro atoms. The average Bonchev–Trinajstić information content (AvgIpc) is 3.51. The average molecular weight is 543 g/mol. The van der Waals surface area contributed by atoms with Gasteiger partial charge in [-0.25, -0.2) is 18.3 Å². The van der Waals surface area contributed by atoms with Gasteiger partial charge < -0.3 is 10.1 Å². The van der Waals surface area contributed by atoms with Gasteiger partial charge in [0.2, 0.25) is 0 Å². The van der Waals surface area contributed by atoms with Crippen LogP contribution in [0.25, 0.3) is 16.9 Å². The minimum Gasteiger partial charge on any atom is -0.497 e. The fourth-order valence-corrected chi connectivity index (χ4v) is 4.22. The lowest BCUT2D eigenvalue weighted by atomic mass is 10.1. The first-order valence-electron chi connectivity index (χ1n) is 10.9. The van der Waals surface area contributed by atoms with E-state index in [9.17, 15) is 13.6 Å². The zero-order valence-corrected chi connectivity index (χ0v) is 20.7. The molecule has 5 rings (SSSR count). The maximum Gasteiger partial charge on any atom is 0.280 e. The molecule has 0 radical (unpaired) electrons. The molecule has 0 unspecified atom stereocenters. The molecule has 3 heterocycles. The molecule has 0 atom stereocenters. The molecule has 5 aromatic rings. The third kappa shape index (κ3) is 5.11. The number of alkyl halides is 2. The summed E-state index contributed by atoms with van der Waals surface area (Å²) in [4.78, 5) is 17.5. The van der Waals surface area contributed by atoms with Crippen LogP contribution in [0.15, 0.2) is 67.1 Å². The Kier molecular flexibility index (Phi) is 6.77. The molecule has 2 aromatic carbocycles. The van der Waals surface area contributed by atoms with E-state index in [2.05, 4.69) is 20.5 Å². The fraction of sp³-hybridized carbons (Fsp3) is 0.120. The van der Waals surface area contributed by atoms with Gasteiger partial charge in [-0.05, 0) is 48.0 Å². The molecule has 1 amide bonds. The van der Waals surface area contributed by atoms with Crippen molar-refractivity contribution in [3.8, 4) is 17.0 Å². The number of methoxy groups -OCH3 is 1. The highest BCUT2D eigenvalue weighted by molar-refractivity contribution is 6.35. The van der Waals surface area contributed by atoms with Gasteiger partial charge in [0.1, 0.15) is 17.0 Å². The number of hydrogen-bond donors (Lipinski definition) is 1. The van der Waals surface area contributed by atoms with Crippen molar-refractivity contribution >= 4 is 40.4 Å². The van der Waals surface area contributed by atoms with E-state index in [1.807, 2.05) is 0 Å². The molecule has 0 bridgehead atoms. The molecule has 37 heavy (non-hydrogen) atoms. The summed E-state index contributed by atoms with van der Waals surface area (Å²) in [6.07, 6.45) is 1.46. The molecule has 0 saturated heterocycles. The van der Waals surface area contributed by atoms with E-state index >= 15 is 0 Å². The minimum atomic E-state index is -2.84. The Labute approximate surface area is 219 Å². The maximum absolute atomic E-state index is 13.9. The number of halogens is 4. The number of ether oxygens (including phenoxy) is 1. The van der Waals surface area contributed by atoms with Gasteiger partial charge in [0.15, 0.2) is 5.65 Å². The summed E-state index contributed by atoms with van der Waals surface area (Å²) in [7, 11) is 1.53. The Bertz CT molecular complexity index is 1600. The Morgan fingerprint density at radius 2 is 1.86 bits per heavy atom. The number of benzene rings is 2. The second kappa shape index (κ2) is 10.2. The maximum atomic E-state index is 13.9. The van der Waals surface area contributed by atoms with Crippen LogP contribution in [0.5, 0.6) is 5.75 Å². The highest BCUT2D eigenvalue weighted by atomic mass is 35.5. The fourth-order valence-electron chi connectivity index (χ4n) is 3.75. The van der Waals surface area contributed by atoms with E-state index in [1.54, 1.807) is 53.3 Å². The topological polar surface area (TPSA) is 86.3 Å². The lowest BCUT2D eigenvalue weighted by Crippen LogP contribution is -2.12. The summed E-state index contributed by atoms with van der Waals surface area (Å²) in [6.45, 7) is 0.354. The van der Waals surface area contributed by atoms with Gasteiger partial charge in [0.05, 0.1) is 37.4 Å². The van der Waals surface area contributed by atoms with Crippen LogP contribution in [0.3, 0.4) is 0 Å². The summed E-state index contributed by atoms with van der Waals surface area (Å²) in [6, 6.07) is 13.2. The van der Waals surface area contributed by atoms with Crippen molar-refractivity contribution in [3.63, 3.8) is 0 Å². The monoisotopic (exact) mass is 542 g/mol. The molecule has 0 aliphatic heterocycles. The van der Waals surface area contributed by atoms with Crippen LogP contribution in [0.2, 0.25) is 10.0 Å². The van der Waals surface area contributed by atoms with Gasteiger partial charge in [0.25, 0.3) is 12.3 Å². The van der Waals surface area contributed by atoms with Gasteiger partial charge in [-0.2, -0.15) is 10.2 Å². The van der Waals surface area contributed by atoms with Gasteiger partial charge in [0, 0.05) is 21.8 Å². The van der Waals surface area contributed by atoms with E-state index < -0.39 is 12.3 Å². The highest BCUT2D eigenvalue weighted by Crippen LogP contribution is 2.28. The highest BCUT2D eigenvalue weighted by Gasteiger charge is 2.22. The lowest BCUT2D eigenvalue weighted by Gasteiger charge is -2.09. The van der Waals surface area contributed by atoms with E-state index in [0.717, 1.165) is 10.1 Å². The molecule has 0 aliphatic rings. The number of anilines is 1. The predicted octanol–water partition coefficient (Wildman–Crippen LogP) is 6.15. The van der Waals surface area contributed by atoms with E-state index in [-0.39, 0.29) is 22.6 Å². The van der Waals surface area contributed by atoms with Gasteiger partial charge in [-0.3, -0.25) is 9.48 Å². The SMILES string of the molecule is COc1ccc(-c2cc(C(F)F)n3ncc(C(=O)Nc4cnn(Cc5ccc(Cl)cc5Cl)c4)c3n2)cc1. The number of carbonyl (C=O) groups is 1. The first kappa shape index (κ1) is 24.7. The summed E-state index contributed by atoms with van der Waals surface area (Å²) in [5, 5.41) is 12.0. The van der Waals surface area contributed by atoms with Gasteiger partial charge in [-0.15, -0.1) is 0 Å². The molecule has 0 saturated carbocycles. The van der Waals surface area contributed by atoms with Crippen LogP contribution in [-0.4, -0.2) is 37.4 Å². The van der Waals surface area contributed by atoms with Crippen molar-refractivity contribution in [2.24, 2.45) is 0 Å². The number of nitrogens with zero attached hydrogens (tertiary/aromatic N) is 5. The summed E-state index contributed by atoms with van der Waals surface area (Å²) in [5.41, 5.74) is 1.70. The van der Waals surface area contributed by atoms with E-state index in [4.69, 9.17) is 27.9 Å². The summed E-state index contributed by atoms with van der Waals surface area (Å²) < 4.78 is 35.4. The summed E-state index contributed by atoms with van der Waals surface area (Å²) in [5.74, 6) is 0.0425. The van der Waals surface area contributed by atoms with Crippen molar-refractivity contribution in [2.45, 2.75) is 13.0 Å².